The van der Waals surface area contributed by atoms with Crippen LogP contribution in [0.2, 0.25) is 0 Å². The first-order valence-corrected chi connectivity index (χ1v) is 6.44. The largest absolute Gasteiger partial charge is 0.0619 e. The van der Waals surface area contributed by atoms with Crippen LogP contribution in [0.1, 0.15) is 36.1 Å². The van der Waals surface area contributed by atoms with Gasteiger partial charge in [-0.2, -0.15) is 0 Å². The van der Waals surface area contributed by atoms with Gasteiger partial charge in [0.1, 0.15) is 0 Å². The summed E-state index contributed by atoms with van der Waals surface area (Å²) in [5, 5.41) is 0. The van der Waals surface area contributed by atoms with Crippen molar-refractivity contribution >= 4 is 0 Å². The first-order chi connectivity index (χ1) is 8.35. The lowest BCUT2D eigenvalue weighted by Crippen LogP contribution is -1.96. The molecule has 0 atom stereocenters. The molecule has 17 heavy (non-hydrogen) atoms. The minimum absolute atomic E-state index is 1.12. The number of rotatable bonds is 2. The van der Waals surface area contributed by atoms with Crippen LogP contribution in [0.25, 0.3) is 11.1 Å². The summed E-state index contributed by atoms with van der Waals surface area (Å²) in [5.74, 6) is 0. The molecule has 0 heterocycles. The normalized spacial score (nSPS) is 12.4. The number of aryl methyl sites for hydroxylation is 1. The monoisotopic (exact) mass is 221 g/mol. The van der Waals surface area contributed by atoms with E-state index in [1.807, 2.05) is 0 Å². The molecule has 0 heteroatoms. The van der Waals surface area contributed by atoms with Crippen molar-refractivity contribution in [3.05, 3.63) is 65.1 Å². The second-order valence-electron chi connectivity index (χ2n) is 4.60. The van der Waals surface area contributed by atoms with Crippen molar-refractivity contribution in [3.8, 4) is 11.1 Å². The van der Waals surface area contributed by atoms with Gasteiger partial charge in [0.25, 0.3) is 0 Å². The number of fused-ring (bicyclic) bond motifs is 3. The van der Waals surface area contributed by atoms with E-state index in [-0.39, 0.29) is 0 Å². The maximum atomic E-state index is 2.35. The summed E-state index contributed by atoms with van der Waals surface area (Å²) in [6.07, 6.45) is 4.60. The van der Waals surface area contributed by atoms with Crippen molar-refractivity contribution in [2.75, 3.05) is 0 Å². The number of benzene rings is 2. The third kappa shape index (κ3) is 1.51. The summed E-state index contributed by atoms with van der Waals surface area (Å²) in [6, 6.07) is 13.3. The second kappa shape index (κ2) is 4.03. The third-order valence-corrected chi connectivity index (χ3v) is 3.74. The van der Waals surface area contributed by atoms with Crippen LogP contribution in [0.5, 0.6) is 0 Å². The highest BCUT2D eigenvalue weighted by atomic mass is 14.2. The van der Waals surface area contributed by atoms with E-state index < -0.39 is 0 Å². The van der Waals surface area contributed by atoms with Gasteiger partial charge in [-0.15, -0.1) is 0 Å². The molecule has 0 aromatic heterocycles. The molecule has 0 nitrogen and oxygen atoms in total. The van der Waals surface area contributed by atoms with Crippen LogP contribution in [0.15, 0.2) is 36.4 Å². The fourth-order valence-electron chi connectivity index (χ4n) is 2.88. The minimum Gasteiger partial charge on any atom is -0.0619 e. The fourth-order valence-corrected chi connectivity index (χ4v) is 2.88. The summed E-state index contributed by atoms with van der Waals surface area (Å²) in [4.78, 5) is 0. The third-order valence-electron chi connectivity index (χ3n) is 3.74. The van der Waals surface area contributed by atoms with Crippen molar-refractivity contribution in [1.82, 2.24) is 0 Å². The van der Waals surface area contributed by atoms with E-state index >= 15 is 0 Å². The van der Waals surface area contributed by atoms with E-state index in [1.165, 1.54) is 33.4 Å². The molecule has 1 aliphatic rings. The Morgan fingerprint density at radius 3 is 2.41 bits per heavy atom. The lowest BCUT2D eigenvalue weighted by molar-refractivity contribution is 1.03. The molecular weight excluding hydrogens is 204 g/mol. The van der Waals surface area contributed by atoms with Gasteiger partial charge >= 0.3 is 0 Å². The smallest absolute Gasteiger partial charge is 0.0214 e. The van der Waals surface area contributed by atoms with E-state index in [1.54, 1.807) is 0 Å². The number of hydrogen-bond donors (Lipinski definition) is 0. The average Bonchev–Trinajstić information content (AvgIpc) is 2.75. The van der Waals surface area contributed by atoms with Gasteiger partial charge in [-0.05, 0) is 46.2 Å². The molecule has 2 aromatic rings. The maximum absolute atomic E-state index is 2.35. The molecule has 3 rings (SSSR count). The zero-order valence-electron chi connectivity index (χ0n) is 10.5. The molecule has 0 fully saturated rings. The highest BCUT2D eigenvalue weighted by Crippen LogP contribution is 2.40. The summed E-state index contributed by atoms with van der Waals surface area (Å²) in [6.45, 7) is 4.49. The Morgan fingerprint density at radius 2 is 1.65 bits per heavy atom. The molecule has 2 aromatic carbocycles. The van der Waals surface area contributed by atoms with Gasteiger partial charge in [0.2, 0.25) is 0 Å². The predicted molar refractivity (Wildman–Crippen MR) is 73.1 cm³/mol. The Hall–Kier alpha value is -1.56. The zero-order valence-corrected chi connectivity index (χ0v) is 10.5. The molecule has 0 unspecified atom stereocenters. The Morgan fingerprint density at radius 1 is 0.824 bits per heavy atom. The van der Waals surface area contributed by atoms with Gasteiger partial charge in [-0.1, -0.05) is 50.2 Å². The van der Waals surface area contributed by atoms with Crippen molar-refractivity contribution in [2.24, 2.45) is 0 Å². The van der Waals surface area contributed by atoms with E-state index in [4.69, 9.17) is 0 Å². The summed E-state index contributed by atoms with van der Waals surface area (Å²) in [7, 11) is 0. The van der Waals surface area contributed by atoms with Crippen molar-refractivity contribution in [1.29, 1.82) is 0 Å². The van der Waals surface area contributed by atoms with E-state index in [0.717, 1.165) is 12.8 Å². The summed E-state index contributed by atoms with van der Waals surface area (Å²) in [5.41, 5.74) is 8.64. The summed E-state index contributed by atoms with van der Waals surface area (Å²) < 4.78 is 0. The zero-order chi connectivity index (χ0) is 11.8. The first-order valence-electron chi connectivity index (χ1n) is 6.44. The average molecular weight is 221 g/mol. The Labute approximate surface area is 103 Å². The molecule has 0 bridgehead atoms. The van der Waals surface area contributed by atoms with Crippen molar-refractivity contribution in [3.63, 3.8) is 0 Å². The lowest BCUT2D eigenvalue weighted by atomic mass is 9.93. The molecule has 1 radical (unpaired) electrons. The Kier molecular flexibility index (Phi) is 2.51. The highest BCUT2D eigenvalue weighted by Gasteiger charge is 2.21. The van der Waals surface area contributed by atoms with Crippen LogP contribution in [0.4, 0.5) is 0 Å². The molecule has 0 saturated heterocycles. The van der Waals surface area contributed by atoms with Gasteiger partial charge in [0.05, 0.1) is 0 Å². The topological polar surface area (TPSA) is 0 Å². The second-order valence-corrected chi connectivity index (χ2v) is 4.60. The van der Waals surface area contributed by atoms with Crippen LogP contribution < -0.4 is 0 Å². The Bertz CT molecular complexity index is 564. The maximum Gasteiger partial charge on any atom is 0.0214 e. The molecule has 0 amide bonds. The molecule has 0 saturated carbocycles. The van der Waals surface area contributed by atoms with Crippen LogP contribution in [-0.4, -0.2) is 0 Å². The SMILES string of the molecule is CCc1ccc2c(c1CC)[CH]c1ccccc1-2. The predicted octanol–water partition coefficient (Wildman–Crippen LogP) is 4.39. The van der Waals surface area contributed by atoms with Crippen LogP contribution in [0, 0.1) is 6.42 Å². The van der Waals surface area contributed by atoms with E-state index in [2.05, 4.69) is 56.7 Å². The van der Waals surface area contributed by atoms with Gasteiger partial charge in [0.15, 0.2) is 0 Å². The van der Waals surface area contributed by atoms with Gasteiger partial charge in [0, 0.05) is 6.42 Å². The molecule has 85 valence electrons. The molecule has 0 spiro atoms. The molecule has 0 aliphatic heterocycles. The van der Waals surface area contributed by atoms with E-state index in [0.29, 0.717) is 0 Å². The quantitative estimate of drug-likeness (QED) is 0.602. The molecular formula is C17H17. The highest BCUT2D eigenvalue weighted by molar-refractivity contribution is 5.82. The number of hydrogen-bond acceptors (Lipinski definition) is 0. The molecule has 1 aliphatic carbocycles. The first kappa shape index (κ1) is 10.6. The Balaban J connectivity index is 2.24. The van der Waals surface area contributed by atoms with Crippen LogP contribution in [0.3, 0.4) is 0 Å². The van der Waals surface area contributed by atoms with Crippen molar-refractivity contribution in [2.45, 2.75) is 26.7 Å². The van der Waals surface area contributed by atoms with Gasteiger partial charge in [-0.25, -0.2) is 0 Å². The van der Waals surface area contributed by atoms with Gasteiger partial charge in [-0.3, -0.25) is 0 Å². The van der Waals surface area contributed by atoms with Gasteiger partial charge < -0.3 is 0 Å². The minimum atomic E-state index is 1.12. The fraction of sp³-hybridized carbons (Fsp3) is 0.235. The van der Waals surface area contributed by atoms with E-state index in [9.17, 15) is 0 Å². The molecule has 0 N–H and O–H groups in total. The van der Waals surface area contributed by atoms with Crippen LogP contribution in [-0.2, 0) is 12.8 Å². The summed E-state index contributed by atoms with van der Waals surface area (Å²) >= 11 is 0. The van der Waals surface area contributed by atoms with Crippen molar-refractivity contribution < 1.29 is 0 Å². The van der Waals surface area contributed by atoms with Crippen LogP contribution >= 0.6 is 0 Å². The standard InChI is InChI=1S/C17H17/c1-3-12-9-10-16-15-8-6-5-7-13(15)11-17(16)14(12)4-2/h5-11H,3-4H2,1-2H3. The lowest BCUT2D eigenvalue weighted by Gasteiger charge is -2.11.